The lowest BCUT2D eigenvalue weighted by molar-refractivity contribution is -0.137. The average Bonchev–Trinajstić information content (AvgIpc) is 3.10. The summed E-state index contributed by atoms with van der Waals surface area (Å²) in [6, 6.07) is 14.0. The van der Waals surface area contributed by atoms with Gasteiger partial charge in [-0.2, -0.15) is 13.2 Å². The highest BCUT2D eigenvalue weighted by Gasteiger charge is 2.30. The van der Waals surface area contributed by atoms with Crippen LogP contribution in [-0.4, -0.2) is 15.2 Å². The lowest BCUT2D eigenvalue weighted by atomic mass is 10.1. The molecule has 0 aliphatic carbocycles. The Morgan fingerprint density at radius 3 is 2.48 bits per heavy atom. The molecule has 4 aromatic rings. The Hall–Kier alpha value is -3.22. The molecule has 0 fully saturated rings. The number of rotatable bonds is 2. The molecule has 0 N–H and O–H groups in total. The number of hydrogen-bond donors (Lipinski definition) is 0. The van der Waals surface area contributed by atoms with Crippen LogP contribution in [0, 0.1) is 0 Å². The molecule has 0 saturated heterocycles. The van der Waals surface area contributed by atoms with Crippen molar-refractivity contribution in [1.29, 1.82) is 0 Å². The Bertz CT molecular complexity index is 1050. The number of pyridine rings is 1. The molecule has 2 heterocycles. The number of aromatic nitrogens is 3. The summed E-state index contributed by atoms with van der Waals surface area (Å²) in [6.45, 7) is 0. The minimum absolute atomic E-state index is 0.0296. The Balaban J connectivity index is 1.78. The second kappa shape index (κ2) is 5.70. The number of benzene rings is 2. The third-order valence-corrected chi connectivity index (χ3v) is 3.74. The highest BCUT2D eigenvalue weighted by molar-refractivity contribution is 5.92. The Labute approximate surface area is 140 Å². The summed E-state index contributed by atoms with van der Waals surface area (Å²) in [4.78, 5) is 4.26. The minimum atomic E-state index is -4.43. The molecule has 0 saturated carbocycles. The van der Waals surface area contributed by atoms with Crippen LogP contribution in [0.2, 0.25) is 0 Å². The van der Waals surface area contributed by atoms with E-state index in [1.165, 1.54) is 12.1 Å². The van der Waals surface area contributed by atoms with Crippen LogP contribution >= 0.6 is 0 Å². The number of alkyl halides is 3. The molecule has 7 heteroatoms. The highest BCUT2D eigenvalue weighted by atomic mass is 19.4. The quantitative estimate of drug-likeness (QED) is 0.516. The SMILES string of the molecule is FC(F)(F)c1cccc(-c2nnc(-c3ccnc4ccccc34)o2)c1. The van der Waals surface area contributed by atoms with Crippen LogP contribution in [0.1, 0.15) is 5.56 Å². The molecule has 25 heavy (non-hydrogen) atoms. The van der Waals surface area contributed by atoms with E-state index in [0.717, 1.165) is 23.0 Å². The molecular weight excluding hydrogens is 331 g/mol. The van der Waals surface area contributed by atoms with Gasteiger partial charge >= 0.3 is 6.18 Å². The Morgan fingerprint density at radius 1 is 0.840 bits per heavy atom. The number of fused-ring (bicyclic) bond motifs is 1. The van der Waals surface area contributed by atoms with Crippen molar-refractivity contribution < 1.29 is 17.6 Å². The van der Waals surface area contributed by atoms with Gasteiger partial charge in [-0.15, -0.1) is 10.2 Å². The zero-order valence-electron chi connectivity index (χ0n) is 12.7. The molecule has 0 atom stereocenters. The summed E-state index contributed by atoms with van der Waals surface area (Å²) in [5.41, 5.74) is 0.890. The van der Waals surface area contributed by atoms with E-state index in [9.17, 15) is 13.2 Å². The van der Waals surface area contributed by atoms with Gasteiger partial charge in [0.25, 0.3) is 0 Å². The van der Waals surface area contributed by atoms with E-state index in [-0.39, 0.29) is 17.3 Å². The Morgan fingerprint density at radius 2 is 1.64 bits per heavy atom. The van der Waals surface area contributed by atoms with Gasteiger partial charge in [0.2, 0.25) is 11.8 Å². The predicted octanol–water partition coefficient (Wildman–Crippen LogP) is 4.97. The second-order valence-electron chi connectivity index (χ2n) is 5.37. The first-order valence-electron chi connectivity index (χ1n) is 7.37. The summed E-state index contributed by atoms with van der Waals surface area (Å²) in [6.07, 6.45) is -2.81. The van der Waals surface area contributed by atoms with E-state index in [4.69, 9.17) is 4.42 Å². The van der Waals surface area contributed by atoms with Crippen molar-refractivity contribution in [2.45, 2.75) is 6.18 Å². The molecule has 0 aliphatic heterocycles. The van der Waals surface area contributed by atoms with Crippen molar-refractivity contribution in [3.8, 4) is 22.9 Å². The highest BCUT2D eigenvalue weighted by Crippen LogP contribution is 2.33. The maximum absolute atomic E-state index is 12.9. The fourth-order valence-electron chi connectivity index (χ4n) is 2.56. The molecule has 124 valence electrons. The number of para-hydroxylation sites is 1. The fraction of sp³-hybridized carbons (Fsp3) is 0.0556. The van der Waals surface area contributed by atoms with Gasteiger partial charge in [-0.25, -0.2) is 0 Å². The molecule has 0 aliphatic rings. The summed E-state index contributed by atoms with van der Waals surface area (Å²) in [5, 5.41) is 8.69. The second-order valence-corrected chi connectivity index (χ2v) is 5.37. The van der Waals surface area contributed by atoms with Gasteiger partial charge in [0.05, 0.1) is 11.1 Å². The molecule has 4 rings (SSSR count). The van der Waals surface area contributed by atoms with Crippen LogP contribution in [0.4, 0.5) is 13.2 Å². The van der Waals surface area contributed by atoms with Crippen molar-refractivity contribution in [3.05, 3.63) is 66.4 Å². The third kappa shape index (κ3) is 2.84. The molecule has 0 bridgehead atoms. The summed E-state index contributed by atoms with van der Waals surface area (Å²) in [7, 11) is 0. The Kier molecular flexibility index (Phi) is 3.49. The van der Waals surface area contributed by atoms with E-state index in [1.807, 2.05) is 24.3 Å². The smallest absolute Gasteiger partial charge is 0.416 e. The molecule has 0 unspecified atom stereocenters. The summed E-state index contributed by atoms with van der Waals surface area (Å²) >= 11 is 0. The van der Waals surface area contributed by atoms with Gasteiger partial charge in [-0.05, 0) is 30.3 Å². The number of nitrogens with zero attached hydrogens (tertiary/aromatic N) is 3. The van der Waals surface area contributed by atoms with Gasteiger partial charge in [-0.3, -0.25) is 4.98 Å². The van der Waals surface area contributed by atoms with Crippen LogP contribution in [-0.2, 0) is 6.18 Å². The monoisotopic (exact) mass is 341 g/mol. The molecule has 0 radical (unpaired) electrons. The maximum atomic E-state index is 12.9. The van der Waals surface area contributed by atoms with Gasteiger partial charge in [0, 0.05) is 22.7 Å². The molecule has 2 aromatic heterocycles. The van der Waals surface area contributed by atoms with Crippen molar-refractivity contribution in [2.24, 2.45) is 0 Å². The lowest BCUT2D eigenvalue weighted by Gasteiger charge is -2.06. The van der Waals surface area contributed by atoms with E-state index in [0.29, 0.717) is 5.56 Å². The van der Waals surface area contributed by atoms with Crippen LogP contribution in [0.25, 0.3) is 33.8 Å². The normalized spacial score (nSPS) is 11.8. The molecule has 0 spiro atoms. The van der Waals surface area contributed by atoms with Crippen LogP contribution in [0.15, 0.2) is 65.2 Å². The van der Waals surface area contributed by atoms with Crippen molar-refractivity contribution in [2.75, 3.05) is 0 Å². The van der Waals surface area contributed by atoms with E-state index < -0.39 is 11.7 Å². The zero-order chi connectivity index (χ0) is 17.4. The first-order valence-corrected chi connectivity index (χ1v) is 7.37. The van der Waals surface area contributed by atoms with E-state index >= 15 is 0 Å². The van der Waals surface area contributed by atoms with Gasteiger partial charge in [0.15, 0.2) is 0 Å². The average molecular weight is 341 g/mol. The maximum Gasteiger partial charge on any atom is 0.416 e. The molecular formula is C18H10F3N3O. The molecule has 2 aromatic carbocycles. The van der Waals surface area contributed by atoms with E-state index in [2.05, 4.69) is 15.2 Å². The standard InChI is InChI=1S/C18H10F3N3O/c19-18(20,21)12-5-3-4-11(10-12)16-23-24-17(25-16)14-8-9-22-15-7-2-1-6-13(14)15/h1-10H. The van der Waals surface area contributed by atoms with Crippen molar-refractivity contribution >= 4 is 10.9 Å². The molecule has 0 amide bonds. The van der Waals surface area contributed by atoms with Crippen LogP contribution < -0.4 is 0 Å². The van der Waals surface area contributed by atoms with Crippen molar-refractivity contribution in [3.63, 3.8) is 0 Å². The topological polar surface area (TPSA) is 51.8 Å². The van der Waals surface area contributed by atoms with E-state index in [1.54, 1.807) is 12.3 Å². The first-order chi connectivity index (χ1) is 12.0. The summed E-state index contributed by atoms with van der Waals surface area (Å²) in [5.74, 6) is 0.257. The first kappa shape index (κ1) is 15.3. The fourth-order valence-corrected chi connectivity index (χ4v) is 2.56. The predicted molar refractivity (Wildman–Crippen MR) is 85.5 cm³/mol. The van der Waals surface area contributed by atoms with Gasteiger partial charge < -0.3 is 4.42 Å². The largest absolute Gasteiger partial charge is 0.416 e. The summed E-state index contributed by atoms with van der Waals surface area (Å²) < 4.78 is 44.2. The minimum Gasteiger partial charge on any atom is -0.416 e. The number of hydrogen-bond acceptors (Lipinski definition) is 4. The molecule has 4 nitrogen and oxygen atoms in total. The lowest BCUT2D eigenvalue weighted by Crippen LogP contribution is -2.04. The zero-order valence-corrected chi connectivity index (χ0v) is 12.7. The van der Waals surface area contributed by atoms with Crippen LogP contribution in [0.3, 0.4) is 0 Å². The van der Waals surface area contributed by atoms with Gasteiger partial charge in [-0.1, -0.05) is 24.3 Å². The van der Waals surface area contributed by atoms with Crippen molar-refractivity contribution in [1.82, 2.24) is 15.2 Å². The third-order valence-electron chi connectivity index (χ3n) is 3.74. The van der Waals surface area contributed by atoms with Gasteiger partial charge in [0.1, 0.15) is 0 Å². The van der Waals surface area contributed by atoms with Crippen LogP contribution in [0.5, 0.6) is 0 Å². The number of halogens is 3.